The second kappa shape index (κ2) is 4.52. The molecule has 80 valence electrons. The zero-order chi connectivity index (χ0) is 11.4. The van der Waals surface area contributed by atoms with Gasteiger partial charge in [0.05, 0.1) is 17.8 Å². The first kappa shape index (κ1) is 11.1. The Morgan fingerprint density at radius 3 is 2.67 bits per heavy atom. The van der Waals surface area contributed by atoms with E-state index in [2.05, 4.69) is 5.32 Å². The summed E-state index contributed by atoms with van der Waals surface area (Å²) in [6.07, 6.45) is 0. The van der Waals surface area contributed by atoms with Crippen LogP contribution in [0.3, 0.4) is 0 Å². The predicted octanol–water partition coefficient (Wildman–Crippen LogP) is 0.421. The van der Waals surface area contributed by atoms with Gasteiger partial charge in [0.25, 0.3) is 0 Å². The first-order valence-electron chi connectivity index (χ1n) is 4.07. The second-order valence-electron chi connectivity index (χ2n) is 2.75. The average molecular weight is 212 g/mol. The summed E-state index contributed by atoms with van der Waals surface area (Å²) in [6.45, 7) is -0.296. The van der Waals surface area contributed by atoms with Gasteiger partial charge in [0.15, 0.2) is 0 Å². The molecule has 1 rings (SSSR count). The summed E-state index contributed by atoms with van der Waals surface area (Å²) in [6, 6.07) is 3.00. The topological polar surface area (TPSA) is 92.4 Å². The molecule has 0 saturated heterocycles. The molecule has 0 spiro atoms. The van der Waals surface area contributed by atoms with Gasteiger partial charge in [0.1, 0.15) is 5.82 Å². The Bertz CT molecular complexity index is 406. The van der Waals surface area contributed by atoms with Gasteiger partial charge in [-0.1, -0.05) is 0 Å². The molecular formula is C9H9FN2O3. The maximum atomic E-state index is 12.8. The van der Waals surface area contributed by atoms with Crippen molar-refractivity contribution in [2.24, 2.45) is 5.73 Å². The van der Waals surface area contributed by atoms with Gasteiger partial charge in [-0.3, -0.25) is 4.79 Å². The first-order chi connectivity index (χ1) is 7.04. The average Bonchev–Trinajstić information content (AvgIpc) is 2.17. The van der Waals surface area contributed by atoms with Crippen molar-refractivity contribution in [3.05, 3.63) is 29.6 Å². The van der Waals surface area contributed by atoms with Gasteiger partial charge < -0.3 is 16.2 Å². The Balaban J connectivity index is 3.07. The van der Waals surface area contributed by atoms with Gasteiger partial charge in [-0.05, 0) is 18.2 Å². The summed E-state index contributed by atoms with van der Waals surface area (Å²) in [5.41, 5.74) is 4.75. The number of carbonyl (C=O) groups excluding carboxylic acids is 1. The number of carboxylic acid groups (broad SMARTS) is 1. The lowest BCUT2D eigenvalue weighted by Gasteiger charge is -2.07. The lowest BCUT2D eigenvalue weighted by Crippen LogP contribution is -2.23. The number of benzene rings is 1. The number of anilines is 1. The van der Waals surface area contributed by atoms with E-state index >= 15 is 0 Å². The van der Waals surface area contributed by atoms with Crippen LogP contribution in [0.1, 0.15) is 10.4 Å². The molecule has 5 nitrogen and oxygen atoms in total. The molecule has 0 aliphatic rings. The van der Waals surface area contributed by atoms with Crippen molar-refractivity contribution in [1.82, 2.24) is 0 Å². The summed E-state index contributed by atoms with van der Waals surface area (Å²) >= 11 is 0. The highest BCUT2D eigenvalue weighted by Gasteiger charge is 2.12. The molecule has 0 atom stereocenters. The van der Waals surface area contributed by atoms with Gasteiger partial charge >= 0.3 is 5.97 Å². The van der Waals surface area contributed by atoms with Crippen molar-refractivity contribution >= 4 is 17.6 Å². The SMILES string of the molecule is NCC(=O)Nc1cc(F)ccc1C(=O)O. The summed E-state index contributed by atoms with van der Waals surface area (Å²) in [7, 11) is 0. The summed E-state index contributed by atoms with van der Waals surface area (Å²) < 4.78 is 12.8. The maximum absolute atomic E-state index is 12.8. The number of amides is 1. The molecule has 0 saturated carbocycles. The van der Waals surface area contributed by atoms with Gasteiger partial charge in [-0.25, -0.2) is 9.18 Å². The minimum atomic E-state index is -1.25. The Morgan fingerprint density at radius 1 is 1.47 bits per heavy atom. The summed E-state index contributed by atoms with van der Waals surface area (Å²) in [4.78, 5) is 21.6. The normalized spacial score (nSPS) is 9.73. The van der Waals surface area contributed by atoms with Crippen molar-refractivity contribution in [1.29, 1.82) is 0 Å². The van der Waals surface area contributed by atoms with E-state index in [0.29, 0.717) is 0 Å². The summed E-state index contributed by atoms with van der Waals surface area (Å²) in [5.74, 6) is -2.46. The van der Waals surface area contributed by atoms with Crippen LogP contribution in [0.4, 0.5) is 10.1 Å². The van der Waals surface area contributed by atoms with Crippen LogP contribution in [-0.4, -0.2) is 23.5 Å². The molecule has 1 amide bonds. The third-order valence-electron chi connectivity index (χ3n) is 1.67. The Hall–Kier alpha value is -1.95. The van der Waals surface area contributed by atoms with E-state index in [-0.39, 0.29) is 17.8 Å². The highest BCUT2D eigenvalue weighted by molar-refractivity contribution is 6.00. The number of rotatable bonds is 3. The molecule has 0 aromatic heterocycles. The fraction of sp³-hybridized carbons (Fsp3) is 0.111. The van der Waals surface area contributed by atoms with E-state index in [1.807, 2.05) is 0 Å². The number of nitrogens with two attached hydrogens (primary N) is 1. The second-order valence-corrected chi connectivity index (χ2v) is 2.75. The smallest absolute Gasteiger partial charge is 0.337 e. The highest BCUT2D eigenvalue weighted by atomic mass is 19.1. The van der Waals surface area contributed by atoms with Crippen LogP contribution in [-0.2, 0) is 4.79 Å². The third-order valence-corrected chi connectivity index (χ3v) is 1.67. The number of carboxylic acids is 1. The van der Waals surface area contributed by atoms with Crippen molar-refractivity contribution in [3.63, 3.8) is 0 Å². The van der Waals surface area contributed by atoms with Crippen LogP contribution in [0.25, 0.3) is 0 Å². The van der Waals surface area contributed by atoms with E-state index in [9.17, 15) is 14.0 Å². The van der Waals surface area contributed by atoms with Gasteiger partial charge in [-0.2, -0.15) is 0 Å². The van der Waals surface area contributed by atoms with E-state index < -0.39 is 17.7 Å². The minimum Gasteiger partial charge on any atom is -0.478 e. The number of aromatic carboxylic acids is 1. The molecular weight excluding hydrogens is 203 g/mol. The van der Waals surface area contributed by atoms with Crippen molar-refractivity contribution in [2.45, 2.75) is 0 Å². The standard InChI is InChI=1S/C9H9FN2O3/c10-5-1-2-6(9(14)15)7(3-5)12-8(13)4-11/h1-3H,4,11H2,(H,12,13)(H,14,15). The molecule has 4 N–H and O–H groups in total. The van der Waals surface area contributed by atoms with Crippen LogP contribution in [0, 0.1) is 5.82 Å². The van der Waals surface area contributed by atoms with Crippen LogP contribution < -0.4 is 11.1 Å². The minimum absolute atomic E-state index is 0.0991. The molecule has 0 radical (unpaired) electrons. The van der Waals surface area contributed by atoms with Gasteiger partial charge in [0.2, 0.25) is 5.91 Å². The molecule has 0 aliphatic carbocycles. The first-order valence-corrected chi connectivity index (χ1v) is 4.07. The highest BCUT2D eigenvalue weighted by Crippen LogP contribution is 2.16. The fourth-order valence-corrected chi connectivity index (χ4v) is 1.01. The van der Waals surface area contributed by atoms with Gasteiger partial charge in [-0.15, -0.1) is 0 Å². The zero-order valence-corrected chi connectivity index (χ0v) is 7.66. The molecule has 1 aromatic carbocycles. The molecule has 0 bridgehead atoms. The Labute approximate surface area is 84.7 Å². The lowest BCUT2D eigenvalue weighted by molar-refractivity contribution is -0.114. The maximum Gasteiger partial charge on any atom is 0.337 e. The fourth-order valence-electron chi connectivity index (χ4n) is 1.01. The van der Waals surface area contributed by atoms with Crippen molar-refractivity contribution in [3.8, 4) is 0 Å². The van der Waals surface area contributed by atoms with E-state index in [1.54, 1.807) is 0 Å². The molecule has 6 heteroatoms. The Kier molecular flexibility index (Phi) is 3.35. The molecule has 0 heterocycles. The van der Waals surface area contributed by atoms with E-state index in [4.69, 9.17) is 10.8 Å². The number of carbonyl (C=O) groups is 2. The van der Waals surface area contributed by atoms with Crippen LogP contribution in [0.2, 0.25) is 0 Å². The quantitative estimate of drug-likeness (QED) is 0.677. The number of nitrogens with one attached hydrogen (secondary N) is 1. The Morgan fingerprint density at radius 2 is 2.13 bits per heavy atom. The lowest BCUT2D eigenvalue weighted by atomic mass is 10.1. The predicted molar refractivity (Wildman–Crippen MR) is 51.0 cm³/mol. The van der Waals surface area contributed by atoms with Crippen molar-refractivity contribution < 1.29 is 19.1 Å². The van der Waals surface area contributed by atoms with Gasteiger partial charge in [0, 0.05) is 0 Å². The zero-order valence-electron chi connectivity index (χ0n) is 7.66. The largest absolute Gasteiger partial charge is 0.478 e. The van der Waals surface area contributed by atoms with Crippen LogP contribution >= 0.6 is 0 Å². The number of hydrogen-bond acceptors (Lipinski definition) is 3. The molecule has 15 heavy (non-hydrogen) atoms. The molecule has 0 aliphatic heterocycles. The molecule has 0 fully saturated rings. The summed E-state index contributed by atoms with van der Waals surface area (Å²) in [5, 5.41) is 10.9. The van der Waals surface area contributed by atoms with Crippen LogP contribution in [0.15, 0.2) is 18.2 Å². The van der Waals surface area contributed by atoms with E-state index in [0.717, 1.165) is 18.2 Å². The number of hydrogen-bond donors (Lipinski definition) is 3. The third kappa shape index (κ3) is 2.75. The van der Waals surface area contributed by atoms with E-state index in [1.165, 1.54) is 0 Å². The van der Waals surface area contributed by atoms with Crippen LogP contribution in [0.5, 0.6) is 0 Å². The monoisotopic (exact) mass is 212 g/mol. The molecule has 0 unspecified atom stereocenters. The van der Waals surface area contributed by atoms with Crippen molar-refractivity contribution in [2.75, 3.05) is 11.9 Å². The molecule has 1 aromatic rings. The number of halogens is 1.